The van der Waals surface area contributed by atoms with E-state index in [-0.39, 0.29) is 12.5 Å². The van der Waals surface area contributed by atoms with Crippen molar-refractivity contribution in [3.05, 3.63) is 132 Å². The van der Waals surface area contributed by atoms with Crippen molar-refractivity contribution >= 4 is 11.6 Å². The van der Waals surface area contributed by atoms with Crippen LogP contribution in [-0.4, -0.2) is 53.7 Å². The molecule has 6 rings (SSSR count). The van der Waals surface area contributed by atoms with Gasteiger partial charge in [0.2, 0.25) is 5.91 Å². The molecule has 0 saturated heterocycles. The third-order valence-electron chi connectivity index (χ3n) is 7.27. The lowest BCUT2D eigenvalue weighted by Crippen LogP contribution is -2.35. The summed E-state index contributed by atoms with van der Waals surface area (Å²) in [4.78, 5) is 23.5. The van der Waals surface area contributed by atoms with E-state index in [1.54, 1.807) is 0 Å². The second kappa shape index (κ2) is 14.4. The minimum absolute atomic E-state index is 0.0892. The molecule has 0 atom stereocenters. The fourth-order valence-electron chi connectivity index (χ4n) is 5.16. The number of hydrogen-bond acceptors (Lipinski definition) is 7. The summed E-state index contributed by atoms with van der Waals surface area (Å²) in [6, 6.07) is 31.7. The van der Waals surface area contributed by atoms with Crippen molar-refractivity contribution in [2.24, 2.45) is 0 Å². The summed E-state index contributed by atoms with van der Waals surface area (Å²) in [5, 5.41) is 3.02. The van der Waals surface area contributed by atoms with E-state index in [2.05, 4.69) is 50.5 Å². The standard InChI is InChI=1S/C36H34N4O4/c41-36(39-32-10-12-34(13-11-32)44-33-7-2-1-3-8-33)25-40-15-16-42-17-18-43-35-14-9-29(31-22-37-26-38-23-31)21-30(35)20-27-5-4-6-28(19-27)24-40/h1-14,19,21-23,26H,15-18,20,24-25H2,(H,39,41). The lowest BCUT2D eigenvalue weighted by molar-refractivity contribution is -0.117. The van der Waals surface area contributed by atoms with E-state index in [0.717, 1.165) is 33.8 Å². The molecule has 0 aliphatic carbocycles. The maximum absolute atomic E-state index is 13.1. The number of carbonyl (C=O) groups excluding carboxylic acids is 1. The van der Waals surface area contributed by atoms with Crippen LogP contribution in [0.4, 0.5) is 5.69 Å². The van der Waals surface area contributed by atoms with Crippen molar-refractivity contribution in [3.63, 3.8) is 0 Å². The number of hydrogen-bond donors (Lipinski definition) is 1. The molecule has 222 valence electrons. The monoisotopic (exact) mass is 586 g/mol. The zero-order valence-electron chi connectivity index (χ0n) is 24.4. The Morgan fingerprint density at radius 2 is 1.59 bits per heavy atom. The van der Waals surface area contributed by atoms with Crippen LogP contribution in [0.5, 0.6) is 17.2 Å². The van der Waals surface area contributed by atoms with Crippen molar-refractivity contribution in [3.8, 4) is 28.4 Å². The summed E-state index contributed by atoms with van der Waals surface area (Å²) in [5.74, 6) is 2.22. The van der Waals surface area contributed by atoms with E-state index in [1.165, 1.54) is 11.9 Å². The van der Waals surface area contributed by atoms with E-state index >= 15 is 0 Å². The molecule has 44 heavy (non-hydrogen) atoms. The molecule has 5 aromatic rings. The third kappa shape index (κ3) is 8.06. The van der Waals surface area contributed by atoms with Gasteiger partial charge in [0.05, 0.1) is 19.8 Å². The van der Waals surface area contributed by atoms with E-state index in [0.29, 0.717) is 50.8 Å². The molecule has 1 aliphatic rings. The highest BCUT2D eigenvalue weighted by Crippen LogP contribution is 2.29. The average Bonchev–Trinajstić information content (AvgIpc) is 3.05. The molecule has 0 radical (unpaired) electrons. The Morgan fingerprint density at radius 3 is 2.43 bits per heavy atom. The van der Waals surface area contributed by atoms with Crippen LogP contribution in [0.1, 0.15) is 16.7 Å². The number of amides is 1. The summed E-state index contributed by atoms with van der Waals surface area (Å²) in [6.07, 6.45) is 5.86. The van der Waals surface area contributed by atoms with Crippen LogP contribution in [0.15, 0.2) is 116 Å². The van der Waals surface area contributed by atoms with E-state index in [1.807, 2.05) is 79.1 Å². The molecule has 8 heteroatoms. The van der Waals surface area contributed by atoms with Crippen molar-refractivity contribution in [1.82, 2.24) is 14.9 Å². The van der Waals surface area contributed by atoms with Crippen molar-refractivity contribution in [1.29, 1.82) is 0 Å². The molecule has 0 fully saturated rings. The van der Waals surface area contributed by atoms with Crippen LogP contribution in [0, 0.1) is 0 Å². The Hall–Kier alpha value is -5.05. The normalized spacial score (nSPS) is 14.0. The molecule has 4 aromatic carbocycles. The molecule has 1 N–H and O–H groups in total. The predicted molar refractivity (Wildman–Crippen MR) is 170 cm³/mol. The Morgan fingerprint density at radius 1 is 0.795 bits per heavy atom. The number of fused-ring (bicyclic) bond motifs is 3. The number of carbonyl (C=O) groups is 1. The van der Waals surface area contributed by atoms with Gasteiger partial charge in [-0.05, 0) is 70.8 Å². The molecular weight excluding hydrogens is 552 g/mol. The number of nitrogens with one attached hydrogen (secondary N) is 1. The molecule has 0 unspecified atom stereocenters. The van der Waals surface area contributed by atoms with Crippen LogP contribution in [0.25, 0.3) is 11.1 Å². The highest BCUT2D eigenvalue weighted by molar-refractivity contribution is 5.92. The van der Waals surface area contributed by atoms with E-state index in [4.69, 9.17) is 14.2 Å². The first-order valence-electron chi connectivity index (χ1n) is 14.7. The minimum Gasteiger partial charge on any atom is -0.491 e. The lowest BCUT2D eigenvalue weighted by atomic mass is 9.98. The van der Waals surface area contributed by atoms with Crippen LogP contribution >= 0.6 is 0 Å². The first kappa shape index (κ1) is 29.0. The van der Waals surface area contributed by atoms with E-state index < -0.39 is 0 Å². The van der Waals surface area contributed by atoms with E-state index in [9.17, 15) is 4.79 Å². The van der Waals surface area contributed by atoms with Crippen molar-refractivity contribution in [2.75, 3.05) is 38.2 Å². The van der Waals surface area contributed by atoms with Crippen LogP contribution in [0.2, 0.25) is 0 Å². The molecule has 8 nitrogen and oxygen atoms in total. The smallest absolute Gasteiger partial charge is 0.238 e. The molecule has 0 saturated carbocycles. The summed E-state index contributed by atoms with van der Waals surface area (Å²) in [7, 11) is 0. The van der Waals surface area contributed by atoms with Gasteiger partial charge >= 0.3 is 0 Å². The first-order chi connectivity index (χ1) is 21.7. The highest BCUT2D eigenvalue weighted by Gasteiger charge is 2.15. The Kier molecular flexibility index (Phi) is 9.52. The van der Waals surface area contributed by atoms with Gasteiger partial charge in [0.15, 0.2) is 0 Å². The second-order valence-electron chi connectivity index (χ2n) is 10.6. The quantitative estimate of drug-likeness (QED) is 0.247. The van der Waals surface area contributed by atoms with Gasteiger partial charge in [-0.3, -0.25) is 9.69 Å². The van der Waals surface area contributed by atoms with Gasteiger partial charge in [-0.15, -0.1) is 0 Å². The Labute approximate surface area is 257 Å². The molecule has 2 bridgehead atoms. The lowest BCUT2D eigenvalue weighted by Gasteiger charge is -2.23. The molecular formula is C36H34N4O4. The van der Waals surface area contributed by atoms with Crippen molar-refractivity contribution in [2.45, 2.75) is 13.0 Å². The maximum atomic E-state index is 13.1. The fourth-order valence-corrected chi connectivity index (χ4v) is 5.16. The third-order valence-corrected chi connectivity index (χ3v) is 7.27. The Bertz CT molecular complexity index is 1660. The SMILES string of the molecule is O=C(CN1CCOCCOc2ccc(-c3cncnc3)cc2Cc2cccc(c2)C1)Nc1ccc(Oc2ccccc2)cc1. The largest absolute Gasteiger partial charge is 0.491 e. The number of ether oxygens (including phenoxy) is 3. The van der Waals surface area contributed by atoms with Crippen molar-refractivity contribution < 1.29 is 19.0 Å². The van der Waals surface area contributed by atoms with Gasteiger partial charge in [0.1, 0.15) is 30.2 Å². The zero-order valence-corrected chi connectivity index (χ0v) is 24.4. The van der Waals surface area contributed by atoms with Crippen LogP contribution in [0.3, 0.4) is 0 Å². The van der Waals surface area contributed by atoms with Crippen LogP contribution < -0.4 is 14.8 Å². The first-order valence-corrected chi connectivity index (χ1v) is 14.7. The summed E-state index contributed by atoms with van der Waals surface area (Å²) < 4.78 is 17.9. The molecule has 1 amide bonds. The van der Waals surface area contributed by atoms with Gasteiger partial charge in [-0.1, -0.05) is 48.5 Å². The number of benzene rings is 4. The summed E-state index contributed by atoms with van der Waals surface area (Å²) in [5.41, 5.74) is 6.09. The molecule has 0 spiro atoms. The van der Waals surface area contributed by atoms with Gasteiger partial charge in [-0.25, -0.2) is 9.97 Å². The zero-order chi connectivity index (χ0) is 30.0. The number of rotatable bonds is 6. The summed E-state index contributed by atoms with van der Waals surface area (Å²) >= 11 is 0. The molecule has 1 aliphatic heterocycles. The molecule has 2 heterocycles. The topological polar surface area (TPSA) is 85.8 Å². The number of nitrogens with zero attached hydrogens (tertiary/aromatic N) is 3. The van der Waals surface area contributed by atoms with Gasteiger partial charge < -0.3 is 19.5 Å². The van der Waals surface area contributed by atoms with Gasteiger partial charge in [-0.2, -0.15) is 0 Å². The van der Waals surface area contributed by atoms with Crippen LogP contribution in [-0.2, 0) is 22.5 Å². The number of para-hydroxylation sites is 1. The fraction of sp³-hybridized carbons (Fsp3) is 0.194. The summed E-state index contributed by atoms with van der Waals surface area (Å²) in [6.45, 7) is 2.85. The number of aromatic nitrogens is 2. The average molecular weight is 587 g/mol. The highest BCUT2D eigenvalue weighted by atomic mass is 16.5. The predicted octanol–water partition coefficient (Wildman–Crippen LogP) is 6.38. The minimum atomic E-state index is -0.0892. The Balaban J connectivity index is 1.13. The van der Waals surface area contributed by atoms with Gasteiger partial charge in [0, 0.05) is 43.2 Å². The van der Waals surface area contributed by atoms with Gasteiger partial charge in [0.25, 0.3) is 0 Å². The second-order valence-corrected chi connectivity index (χ2v) is 10.6. The maximum Gasteiger partial charge on any atom is 0.238 e. The number of anilines is 1. The molecule has 1 aromatic heterocycles.